The number of aromatic nitrogens is 3. The van der Waals surface area contributed by atoms with Crippen LogP contribution in [0.15, 0.2) is 126 Å². The number of fused-ring (bicyclic) bond motifs is 3. The minimum atomic E-state index is 0.626. The highest BCUT2D eigenvalue weighted by molar-refractivity contribution is 6.05. The molecule has 0 bridgehead atoms. The fraction of sp³-hybridized carbons (Fsp3) is 0.0294. The monoisotopic (exact) mass is 489 g/mol. The third kappa shape index (κ3) is 4.02. The van der Waals surface area contributed by atoms with Gasteiger partial charge in [0.2, 0.25) is 0 Å². The molecule has 38 heavy (non-hydrogen) atoms. The van der Waals surface area contributed by atoms with Crippen molar-refractivity contribution in [3.8, 4) is 45.0 Å². The Kier molecular flexibility index (Phi) is 5.30. The van der Waals surface area contributed by atoms with E-state index in [0.717, 1.165) is 55.3 Å². The van der Waals surface area contributed by atoms with Gasteiger partial charge in [-0.25, -0.2) is 15.0 Å². The van der Waals surface area contributed by atoms with Gasteiger partial charge < -0.3 is 4.42 Å². The number of benzene rings is 5. The van der Waals surface area contributed by atoms with Gasteiger partial charge in [0.15, 0.2) is 11.6 Å². The van der Waals surface area contributed by atoms with E-state index in [9.17, 15) is 0 Å². The summed E-state index contributed by atoms with van der Waals surface area (Å²) in [6, 6.07) is 41.6. The van der Waals surface area contributed by atoms with Crippen molar-refractivity contribution in [1.82, 2.24) is 15.0 Å². The van der Waals surface area contributed by atoms with Gasteiger partial charge in [-0.1, -0.05) is 84.9 Å². The van der Waals surface area contributed by atoms with E-state index < -0.39 is 0 Å². The van der Waals surface area contributed by atoms with Crippen LogP contribution in [0.3, 0.4) is 0 Å². The minimum Gasteiger partial charge on any atom is -0.456 e. The van der Waals surface area contributed by atoms with Crippen LogP contribution in [0.25, 0.3) is 67.0 Å². The van der Waals surface area contributed by atoms with Gasteiger partial charge >= 0.3 is 0 Å². The lowest BCUT2D eigenvalue weighted by Crippen LogP contribution is -2.00. The Morgan fingerprint density at radius 3 is 1.66 bits per heavy atom. The first-order chi connectivity index (χ1) is 18.7. The highest BCUT2D eigenvalue weighted by Crippen LogP contribution is 2.34. The quantitative estimate of drug-likeness (QED) is 0.248. The van der Waals surface area contributed by atoms with Gasteiger partial charge in [0.05, 0.1) is 0 Å². The van der Waals surface area contributed by atoms with Gasteiger partial charge in [-0.3, -0.25) is 0 Å². The van der Waals surface area contributed by atoms with Crippen molar-refractivity contribution in [1.29, 1.82) is 0 Å². The van der Waals surface area contributed by atoms with Crippen LogP contribution in [0, 0.1) is 6.92 Å². The van der Waals surface area contributed by atoms with Gasteiger partial charge in [0.1, 0.15) is 17.0 Å². The molecule has 180 valence electrons. The average molecular weight is 490 g/mol. The fourth-order valence-electron chi connectivity index (χ4n) is 4.96. The maximum atomic E-state index is 6.12. The summed E-state index contributed by atoms with van der Waals surface area (Å²) >= 11 is 0. The Morgan fingerprint density at radius 2 is 0.974 bits per heavy atom. The van der Waals surface area contributed by atoms with Gasteiger partial charge in [0.25, 0.3) is 0 Å². The molecule has 7 rings (SSSR count). The van der Waals surface area contributed by atoms with Crippen LogP contribution in [-0.4, -0.2) is 15.0 Å². The second-order valence-corrected chi connectivity index (χ2v) is 9.37. The van der Waals surface area contributed by atoms with E-state index in [0.29, 0.717) is 17.5 Å². The molecule has 0 saturated heterocycles. The van der Waals surface area contributed by atoms with Gasteiger partial charge in [-0.05, 0) is 65.6 Å². The van der Waals surface area contributed by atoms with Crippen LogP contribution in [0.4, 0.5) is 0 Å². The van der Waals surface area contributed by atoms with Gasteiger partial charge in [-0.15, -0.1) is 0 Å². The SMILES string of the molecule is Cc1nc(-c2cc(-c3ccccc3)cc(-c3ccccc3)c2)nc(-c2ccc3c(c2)oc2ccccc23)n1. The zero-order valence-electron chi connectivity index (χ0n) is 20.8. The third-order valence-corrected chi connectivity index (χ3v) is 6.79. The summed E-state index contributed by atoms with van der Waals surface area (Å²) in [5.74, 6) is 1.94. The molecule has 0 fully saturated rings. The largest absolute Gasteiger partial charge is 0.456 e. The zero-order valence-corrected chi connectivity index (χ0v) is 20.8. The maximum absolute atomic E-state index is 6.12. The molecule has 0 aliphatic carbocycles. The van der Waals surface area contributed by atoms with Crippen molar-refractivity contribution in [2.24, 2.45) is 0 Å². The molecular weight excluding hydrogens is 466 g/mol. The van der Waals surface area contributed by atoms with Crippen molar-refractivity contribution >= 4 is 21.9 Å². The molecule has 5 aromatic carbocycles. The molecule has 4 nitrogen and oxygen atoms in total. The van der Waals surface area contributed by atoms with Crippen molar-refractivity contribution in [2.75, 3.05) is 0 Å². The lowest BCUT2D eigenvalue weighted by molar-refractivity contribution is 0.669. The highest BCUT2D eigenvalue weighted by Gasteiger charge is 2.14. The first-order valence-electron chi connectivity index (χ1n) is 12.6. The number of hydrogen-bond donors (Lipinski definition) is 0. The summed E-state index contributed by atoms with van der Waals surface area (Å²) in [4.78, 5) is 14.4. The summed E-state index contributed by atoms with van der Waals surface area (Å²) in [7, 11) is 0. The summed E-state index contributed by atoms with van der Waals surface area (Å²) in [5, 5.41) is 2.19. The molecule has 0 N–H and O–H groups in total. The molecule has 0 spiro atoms. The Hall–Kier alpha value is -5.09. The van der Waals surface area contributed by atoms with Crippen molar-refractivity contribution in [3.05, 3.63) is 127 Å². The lowest BCUT2D eigenvalue weighted by atomic mass is 9.96. The Balaban J connectivity index is 1.38. The predicted molar refractivity (Wildman–Crippen MR) is 154 cm³/mol. The molecular formula is C34H23N3O. The van der Waals surface area contributed by atoms with Gasteiger partial charge in [-0.2, -0.15) is 0 Å². The van der Waals surface area contributed by atoms with E-state index in [4.69, 9.17) is 14.4 Å². The number of rotatable bonds is 4. The molecule has 4 heteroatoms. The van der Waals surface area contributed by atoms with Crippen LogP contribution in [0.1, 0.15) is 5.82 Å². The summed E-state index contributed by atoms with van der Waals surface area (Å²) in [5.41, 5.74) is 8.06. The number of nitrogens with zero attached hydrogens (tertiary/aromatic N) is 3. The Morgan fingerprint density at radius 1 is 0.421 bits per heavy atom. The van der Waals surface area contributed by atoms with E-state index in [1.807, 2.05) is 43.3 Å². The van der Waals surface area contributed by atoms with E-state index in [1.165, 1.54) is 0 Å². The zero-order chi connectivity index (χ0) is 25.5. The average Bonchev–Trinajstić information content (AvgIpc) is 3.35. The molecule has 0 radical (unpaired) electrons. The molecule has 2 aromatic heterocycles. The second kappa shape index (κ2) is 9.09. The molecule has 0 atom stereocenters. The molecule has 0 aliphatic heterocycles. The fourth-order valence-corrected chi connectivity index (χ4v) is 4.96. The summed E-state index contributed by atoms with van der Waals surface area (Å²) in [6.07, 6.45) is 0. The van der Waals surface area contributed by atoms with Crippen LogP contribution in [-0.2, 0) is 0 Å². The standard InChI is InChI=1S/C34H23N3O/c1-22-35-33(25-16-17-30-29-14-8-9-15-31(29)38-32(30)21-25)37-34(36-22)28-19-26(23-10-4-2-5-11-23)18-27(20-28)24-12-6-3-7-13-24/h2-21H,1H3. The minimum absolute atomic E-state index is 0.626. The molecule has 0 unspecified atom stereocenters. The molecule has 2 heterocycles. The van der Waals surface area contributed by atoms with Crippen LogP contribution in [0.5, 0.6) is 0 Å². The number of furan rings is 1. The van der Waals surface area contributed by atoms with Crippen molar-refractivity contribution in [2.45, 2.75) is 6.92 Å². The lowest BCUT2D eigenvalue weighted by Gasteiger charge is -2.11. The van der Waals surface area contributed by atoms with E-state index in [-0.39, 0.29) is 0 Å². The Bertz CT molecular complexity index is 1870. The van der Waals surface area contributed by atoms with Crippen LogP contribution >= 0.6 is 0 Å². The molecule has 0 saturated carbocycles. The van der Waals surface area contributed by atoms with E-state index in [2.05, 4.69) is 89.9 Å². The molecule has 0 amide bonds. The van der Waals surface area contributed by atoms with Gasteiger partial charge in [0, 0.05) is 21.9 Å². The highest BCUT2D eigenvalue weighted by atomic mass is 16.3. The first-order valence-corrected chi connectivity index (χ1v) is 12.6. The van der Waals surface area contributed by atoms with E-state index >= 15 is 0 Å². The van der Waals surface area contributed by atoms with E-state index in [1.54, 1.807) is 0 Å². The van der Waals surface area contributed by atoms with Crippen molar-refractivity contribution in [3.63, 3.8) is 0 Å². The normalized spacial score (nSPS) is 11.3. The topological polar surface area (TPSA) is 51.8 Å². The second-order valence-electron chi connectivity index (χ2n) is 9.37. The number of para-hydroxylation sites is 1. The first kappa shape index (κ1) is 22.1. The summed E-state index contributed by atoms with van der Waals surface area (Å²) < 4.78 is 6.12. The smallest absolute Gasteiger partial charge is 0.163 e. The number of aryl methyl sites for hydroxylation is 1. The Labute approximate surface area is 220 Å². The molecule has 0 aliphatic rings. The number of hydrogen-bond acceptors (Lipinski definition) is 4. The molecule has 7 aromatic rings. The summed E-state index contributed by atoms with van der Waals surface area (Å²) in [6.45, 7) is 1.91. The van der Waals surface area contributed by atoms with Crippen molar-refractivity contribution < 1.29 is 4.42 Å². The van der Waals surface area contributed by atoms with Crippen LogP contribution < -0.4 is 0 Å². The third-order valence-electron chi connectivity index (χ3n) is 6.79. The predicted octanol–water partition coefficient (Wildman–Crippen LogP) is 8.75. The van der Waals surface area contributed by atoms with Crippen LogP contribution in [0.2, 0.25) is 0 Å². The maximum Gasteiger partial charge on any atom is 0.163 e.